The normalized spacial score (nSPS) is 14.3. The van der Waals surface area contributed by atoms with Crippen molar-refractivity contribution in [1.29, 1.82) is 0 Å². The Hall–Kier alpha value is -1.79. The van der Waals surface area contributed by atoms with Crippen molar-refractivity contribution in [2.75, 3.05) is 0 Å². The van der Waals surface area contributed by atoms with Gasteiger partial charge < -0.3 is 21.5 Å². The van der Waals surface area contributed by atoms with Crippen LogP contribution in [0.25, 0.3) is 0 Å². The van der Waals surface area contributed by atoms with Gasteiger partial charge in [-0.3, -0.25) is 9.59 Å². The predicted octanol–water partition coefficient (Wildman–Crippen LogP) is 0.439. The summed E-state index contributed by atoms with van der Waals surface area (Å²) in [4.78, 5) is 33.2. The summed E-state index contributed by atoms with van der Waals surface area (Å²) >= 11 is 0. The third-order valence-corrected chi connectivity index (χ3v) is 2.38. The first-order valence-corrected chi connectivity index (χ1v) is 6.09. The van der Waals surface area contributed by atoms with Crippen LogP contribution >= 0.6 is 0 Å². The third-order valence-electron chi connectivity index (χ3n) is 2.38. The summed E-state index contributed by atoms with van der Waals surface area (Å²) in [6.07, 6.45) is 0.362. The molecule has 0 aliphatic carbocycles. The second-order valence-electron chi connectivity index (χ2n) is 5.80. The summed E-state index contributed by atoms with van der Waals surface area (Å²) < 4.78 is 0. The van der Waals surface area contributed by atoms with Crippen molar-refractivity contribution in [1.82, 2.24) is 10.6 Å². The number of carboxylic acids is 1. The van der Waals surface area contributed by atoms with Crippen molar-refractivity contribution in [3.05, 3.63) is 0 Å². The molecular formula is C12H23N3O4. The van der Waals surface area contributed by atoms with E-state index in [1.54, 1.807) is 0 Å². The number of carbonyl (C=O) groups excluding carboxylic acids is 2. The second-order valence-corrected chi connectivity index (χ2v) is 5.80. The molecule has 0 heterocycles. The van der Waals surface area contributed by atoms with E-state index in [9.17, 15) is 14.4 Å². The van der Waals surface area contributed by atoms with Gasteiger partial charge in [0, 0.05) is 6.04 Å². The number of rotatable bonds is 6. The highest BCUT2D eigenvalue weighted by molar-refractivity contribution is 5.86. The van der Waals surface area contributed by atoms with Crippen LogP contribution < -0.4 is 16.4 Å². The molecule has 0 rings (SSSR count). The van der Waals surface area contributed by atoms with E-state index >= 15 is 0 Å². The van der Waals surface area contributed by atoms with Crippen molar-refractivity contribution in [3.8, 4) is 0 Å². The van der Waals surface area contributed by atoms with Crippen molar-refractivity contribution in [3.63, 3.8) is 0 Å². The zero-order valence-electron chi connectivity index (χ0n) is 11.8. The minimum absolute atomic E-state index is 0.117. The van der Waals surface area contributed by atoms with E-state index in [1.807, 2.05) is 20.8 Å². The Morgan fingerprint density at radius 2 is 1.74 bits per heavy atom. The number of amides is 3. The average molecular weight is 273 g/mol. The van der Waals surface area contributed by atoms with Gasteiger partial charge in [-0.1, -0.05) is 20.8 Å². The second kappa shape index (κ2) is 6.96. The molecule has 0 aromatic heterocycles. The van der Waals surface area contributed by atoms with E-state index in [4.69, 9.17) is 10.8 Å². The van der Waals surface area contributed by atoms with Crippen molar-refractivity contribution >= 4 is 17.9 Å². The molecule has 5 N–H and O–H groups in total. The number of primary amides is 1. The van der Waals surface area contributed by atoms with E-state index < -0.39 is 30.0 Å². The zero-order valence-corrected chi connectivity index (χ0v) is 11.8. The highest BCUT2D eigenvalue weighted by Gasteiger charge is 2.24. The van der Waals surface area contributed by atoms with Crippen LogP contribution in [0.5, 0.6) is 0 Å². The van der Waals surface area contributed by atoms with Crippen LogP contribution in [-0.2, 0) is 9.59 Å². The molecule has 0 aromatic carbocycles. The lowest BCUT2D eigenvalue weighted by Gasteiger charge is -2.27. The summed E-state index contributed by atoms with van der Waals surface area (Å²) in [5.74, 6) is -1.43. The zero-order chi connectivity index (χ0) is 15.2. The van der Waals surface area contributed by atoms with Crippen LogP contribution in [0, 0.1) is 5.41 Å². The van der Waals surface area contributed by atoms with Gasteiger partial charge in [-0.25, -0.2) is 4.79 Å². The molecule has 3 amide bonds. The van der Waals surface area contributed by atoms with Crippen LogP contribution in [0.3, 0.4) is 0 Å². The Kier molecular flexibility index (Phi) is 6.31. The van der Waals surface area contributed by atoms with Gasteiger partial charge in [-0.05, 0) is 18.8 Å². The lowest BCUT2D eigenvalue weighted by Crippen LogP contribution is -2.50. The van der Waals surface area contributed by atoms with Gasteiger partial charge in [-0.2, -0.15) is 0 Å². The minimum atomic E-state index is -0.981. The van der Waals surface area contributed by atoms with E-state index in [0.29, 0.717) is 6.42 Å². The number of nitrogens with two attached hydrogens (primary N) is 1. The Morgan fingerprint density at radius 1 is 1.21 bits per heavy atom. The van der Waals surface area contributed by atoms with Gasteiger partial charge in [0.2, 0.25) is 5.91 Å². The summed E-state index contributed by atoms with van der Waals surface area (Å²) in [6.45, 7) is 7.35. The van der Waals surface area contributed by atoms with E-state index in [0.717, 1.165) is 0 Å². The highest BCUT2D eigenvalue weighted by Crippen LogP contribution is 2.22. The topological polar surface area (TPSA) is 122 Å². The lowest BCUT2D eigenvalue weighted by molar-refractivity contribution is -0.138. The first-order valence-electron chi connectivity index (χ1n) is 6.09. The molecule has 2 atom stereocenters. The van der Waals surface area contributed by atoms with Crippen molar-refractivity contribution in [2.45, 2.75) is 52.6 Å². The Morgan fingerprint density at radius 3 is 2.11 bits per heavy atom. The maximum absolute atomic E-state index is 11.8. The van der Waals surface area contributed by atoms with Crippen LogP contribution in [0.1, 0.15) is 40.5 Å². The number of hydrogen-bond donors (Lipinski definition) is 4. The van der Waals surface area contributed by atoms with Crippen LogP contribution in [0.15, 0.2) is 0 Å². The van der Waals surface area contributed by atoms with Crippen LogP contribution in [0.4, 0.5) is 4.79 Å². The first kappa shape index (κ1) is 17.2. The summed E-state index contributed by atoms with van der Waals surface area (Å²) in [5, 5.41) is 13.7. The fourth-order valence-electron chi connectivity index (χ4n) is 1.73. The number of nitrogens with one attached hydrogen (secondary N) is 2. The minimum Gasteiger partial charge on any atom is -0.481 e. The SMILES string of the molecule is CC(NC(N)=O)C(=O)NC(CC(=O)O)CC(C)(C)C. The van der Waals surface area contributed by atoms with Gasteiger partial charge >= 0.3 is 12.0 Å². The lowest BCUT2D eigenvalue weighted by atomic mass is 9.87. The fraction of sp³-hybridized carbons (Fsp3) is 0.750. The van der Waals surface area contributed by atoms with Crippen molar-refractivity contribution in [2.24, 2.45) is 11.1 Å². The van der Waals surface area contributed by atoms with Crippen LogP contribution in [-0.4, -0.2) is 35.1 Å². The summed E-state index contributed by atoms with van der Waals surface area (Å²) in [7, 11) is 0. The third kappa shape index (κ3) is 8.87. The maximum Gasteiger partial charge on any atom is 0.312 e. The molecule has 7 nitrogen and oxygen atoms in total. The molecule has 2 unspecified atom stereocenters. The average Bonchev–Trinajstić information content (AvgIpc) is 2.11. The monoisotopic (exact) mass is 273 g/mol. The first-order chi connectivity index (χ1) is 8.51. The molecule has 0 aliphatic rings. The molecule has 0 saturated heterocycles. The van der Waals surface area contributed by atoms with E-state index in [-0.39, 0.29) is 11.8 Å². The van der Waals surface area contributed by atoms with Gasteiger partial charge in [-0.15, -0.1) is 0 Å². The molecule has 0 bridgehead atoms. The largest absolute Gasteiger partial charge is 0.481 e. The molecule has 0 aliphatic heterocycles. The highest BCUT2D eigenvalue weighted by atomic mass is 16.4. The number of aliphatic carboxylic acids is 1. The maximum atomic E-state index is 11.8. The van der Waals surface area contributed by atoms with Crippen LogP contribution in [0.2, 0.25) is 0 Å². The molecule has 0 aromatic rings. The molecule has 0 fully saturated rings. The Balaban J connectivity index is 4.58. The Bertz CT molecular complexity index is 349. The van der Waals surface area contributed by atoms with Gasteiger partial charge in [0.05, 0.1) is 6.42 Å². The molecule has 0 saturated carbocycles. The summed E-state index contributed by atoms with van der Waals surface area (Å²) in [5.41, 5.74) is 4.80. The number of carbonyl (C=O) groups is 3. The smallest absolute Gasteiger partial charge is 0.312 e. The fourth-order valence-corrected chi connectivity index (χ4v) is 1.73. The molecule has 7 heteroatoms. The molecule has 0 radical (unpaired) electrons. The van der Waals surface area contributed by atoms with Gasteiger partial charge in [0.25, 0.3) is 0 Å². The standard InChI is InChI=1S/C12H23N3O4/c1-7(14-11(13)19)10(18)15-8(5-9(16)17)6-12(2,3)4/h7-8H,5-6H2,1-4H3,(H,15,18)(H,16,17)(H3,13,14,19). The number of hydrogen-bond acceptors (Lipinski definition) is 3. The van der Waals surface area contributed by atoms with E-state index in [2.05, 4.69) is 10.6 Å². The van der Waals surface area contributed by atoms with Gasteiger partial charge in [0.1, 0.15) is 6.04 Å². The summed E-state index contributed by atoms with van der Waals surface area (Å²) in [6, 6.07) is -2.08. The molecular weight excluding hydrogens is 250 g/mol. The number of urea groups is 1. The molecule has 0 spiro atoms. The van der Waals surface area contributed by atoms with E-state index in [1.165, 1.54) is 6.92 Å². The van der Waals surface area contributed by atoms with Crippen molar-refractivity contribution < 1.29 is 19.5 Å². The van der Waals surface area contributed by atoms with Gasteiger partial charge in [0.15, 0.2) is 0 Å². The Labute approximate surface area is 112 Å². The predicted molar refractivity (Wildman–Crippen MR) is 70.4 cm³/mol. The molecule has 19 heavy (non-hydrogen) atoms. The molecule has 110 valence electrons. The number of carboxylic acid groups (broad SMARTS) is 1. The quantitative estimate of drug-likeness (QED) is 0.561.